The average Bonchev–Trinajstić information content (AvgIpc) is 2.52. The SMILES string of the molecule is NCC#Cc1ccnc(NC(=O)NCc2ccccc2)c1. The lowest BCUT2D eigenvalue weighted by molar-refractivity contribution is 0.251. The molecule has 0 aliphatic heterocycles. The lowest BCUT2D eigenvalue weighted by Gasteiger charge is -2.07. The third kappa shape index (κ3) is 4.97. The number of anilines is 1. The number of nitrogens with two attached hydrogens (primary N) is 1. The normalized spacial score (nSPS) is 9.38. The van der Waals surface area contributed by atoms with Gasteiger partial charge in [0.05, 0.1) is 6.54 Å². The fourth-order valence-electron chi connectivity index (χ4n) is 1.67. The zero-order valence-corrected chi connectivity index (χ0v) is 11.5. The van der Waals surface area contributed by atoms with Crippen LogP contribution in [0.3, 0.4) is 0 Å². The molecule has 0 spiro atoms. The van der Waals surface area contributed by atoms with Gasteiger partial charge in [0.25, 0.3) is 0 Å². The molecule has 0 fully saturated rings. The largest absolute Gasteiger partial charge is 0.334 e. The Hall–Kier alpha value is -2.84. The summed E-state index contributed by atoms with van der Waals surface area (Å²) in [6, 6.07) is 12.8. The first-order chi connectivity index (χ1) is 10.3. The van der Waals surface area contributed by atoms with Crippen LogP contribution in [0.25, 0.3) is 0 Å². The van der Waals surface area contributed by atoms with Gasteiger partial charge in [-0.2, -0.15) is 0 Å². The van der Waals surface area contributed by atoms with E-state index >= 15 is 0 Å². The van der Waals surface area contributed by atoms with Gasteiger partial charge >= 0.3 is 6.03 Å². The standard InChI is InChI=1S/C16H16N4O/c17-9-4-7-13-8-10-18-15(11-13)20-16(21)19-12-14-5-2-1-3-6-14/h1-3,5-6,8,10-11H,9,12,17H2,(H2,18,19,20,21). The van der Waals surface area contributed by atoms with Crippen molar-refractivity contribution in [2.24, 2.45) is 5.73 Å². The lowest BCUT2D eigenvalue weighted by Crippen LogP contribution is -2.28. The maximum atomic E-state index is 11.8. The number of nitrogens with one attached hydrogen (secondary N) is 2. The van der Waals surface area contributed by atoms with E-state index in [-0.39, 0.29) is 6.03 Å². The van der Waals surface area contributed by atoms with E-state index in [1.807, 2.05) is 30.3 Å². The number of hydrogen-bond acceptors (Lipinski definition) is 3. The van der Waals surface area contributed by atoms with Crippen molar-refractivity contribution in [3.63, 3.8) is 0 Å². The predicted molar refractivity (Wildman–Crippen MR) is 82.5 cm³/mol. The predicted octanol–water partition coefficient (Wildman–Crippen LogP) is 1.71. The summed E-state index contributed by atoms with van der Waals surface area (Å²) in [5.74, 6) is 6.09. The van der Waals surface area contributed by atoms with Gasteiger partial charge in [0.2, 0.25) is 0 Å². The van der Waals surface area contributed by atoms with Crippen LogP contribution in [0.2, 0.25) is 0 Å². The molecule has 0 aliphatic carbocycles. The summed E-state index contributed by atoms with van der Waals surface area (Å²) in [6.45, 7) is 0.752. The Balaban J connectivity index is 1.90. The Kier molecular flexibility index (Phi) is 5.33. The van der Waals surface area contributed by atoms with Gasteiger partial charge in [0, 0.05) is 18.3 Å². The highest BCUT2D eigenvalue weighted by atomic mass is 16.2. The second-order valence-corrected chi connectivity index (χ2v) is 4.23. The number of carbonyl (C=O) groups excluding carboxylic acids is 1. The molecule has 1 heterocycles. The van der Waals surface area contributed by atoms with E-state index < -0.39 is 0 Å². The molecule has 5 nitrogen and oxygen atoms in total. The summed E-state index contributed by atoms with van der Waals surface area (Å²) < 4.78 is 0. The molecule has 0 atom stereocenters. The minimum atomic E-state index is -0.310. The Bertz CT molecular complexity index is 659. The van der Waals surface area contributed by atoms with Crippen LogP contribution in [-0.4, -0.2) is 17.6 Å². The molecule has 0 saturated carbocycles. The molecule has 5 heteroatoms. The van der Waals surface area contributed by atoms with E-state index in [1.54, 1.807) is 18.3 Å². The van der Waals surface area contributed by atoms with Crippen LogP contribution in [0, 0.1) is 11.8 Å². The zero-order valence-electron chi connectivity index (χ0n) is 11.5. The van der Waals surface area contributed by atoms with Gasteiger partial charge in [-0.1, -0.05) is 42.2 Å². The highest BCUT2D eigenvalue weighted by molar-refractivity contribution is 5.88. The molecule has 21 heavy (non-hydrogen) atoms. The highest BCUT2D eigenvalue weighted by Crippen LogP contribution is 2.05. The van der Waals surface area contributed by atoms with Gasteiger partial charge in [-0.15, -0.1) is 0 Å². The first kappa shape index (κ1) is 14.6. The summed E-state index contributed by atoms with van der Waals surface area (Å²) in [5.41, 5.74) is 7.11. The molecule has 1 aromatic carbocycles. The number of rotatable bonds is 3. The highest BCUT2D eigenvalue weighted by Gasteiger charge is 2.02. The monoisotopic (exact) mass is 280 g/mol. The van der Waals surface area contributed by atoms with Crippen molar-refractivity contribution >= 4 is 11.8 Å². The molecule has 4 N–H and O–H groups in total. The Morgan fingerprint density at radius 1 is 1.24 bits per heavy atom. The van der Waals surface area contributed by atoms with E-state index in [4.69, 9.17) is 5.73 Å². The number of aromatic nitrogens is 1. The van der Waals surface area contributed by atoms with Crippen molar-refractivity contribution in [1.82, 2.24) is 10.3 Å². The van der Waals surface area contributed by atoms with Gasteiger partial charge in [-0.25, -0.2) is 9.78 Å². The summed E-state index contributed by atoms with van der Waals surface area (Å²) in [5, 5.41) is 5.43. The Morgan fingerprint density at radius 2 is 2.05 bits per heavy atom. The molecule has 0 unspecified atom stereocenters. The van der Waals surface area contributed by atoms with Gasteiger partial charge in [0.1, 0.15) is 5.82 Å². The van der Waals surface area contributed by atoms with Gasteiger partial charge < -0.3 is 11.1 Å². The first-order valence-corrected chi connectivity index (χ1v) is 6.51. The van der Waals surface area contributed by atoms with Gasteiger partial charge in [-0.05, 0) is 17.7 Å². The Morgan fingerprint density at radius 3 is 2.81 bits per heavy atom. The molecule has 0 aliphatic rings. The molecule has 0 bridgehead atoms. The molecule has 0 saturated heterocycles. The summed E-state index contributed by atoms with van der Waals surface area (Å²) in [6.07, 6.45) is 1.59. The summed E-state index contributed by atoms with van der Waals surface area (Å²) in [7, 11) is 0. The zero-order chi connectivity index (χ0) is 14.9. The van der Waals surface area contributed by atoms with Crippen molar-refractivity contribution in [2.45, 2.75) is 6.54 Å². The van der Waals surface area contributed by atoms with Crippen molar-refractivity contribution < 1.29 is 4.79 Å². The quantitative estimate of drug-likeness (QED) is 0.749. The minimum Gasteiger partial charge on any atom is -0.334 e. The van der Waals surface area contributed by atoms with Crippen LogP contribution >= 0.6 is 0 Å². The third-order valence-corrected chi connectivity index (χ3v) is 2.63. The number of amides is 2. The van der Waals surface area contributed by atoms with E-state index in [0.29, 0.717) is 18.9 Å². The van der Waals surface area contributed by atoms with Crippen molar-refractivity contribution in [2.75, 3.05) is 11.9 Å². The van der Waals surface area contributed by atoms with E-state index in [1.165, 1.54) is 0 Å². The number of benzene rings is 1. The fourth-order valence-corrected chi connectivity index (χ4v) is 1.67. The maximum Gasteiger partial charge on any atom is 0.320 e. The minimum absolute atomic E-state index is 0.294. The number of pyridine rings is 1. The number of urea groups is 1. The molecule has 2 rings (SSSR count). The van der Waals surface area contributed by atoms with Crippen molar-refractivity contribution in [3.8, 4) is 11.8 Å². The van der Waals surface area contributed by atoms with Crippen LogP contribution in [0.15, 0.2) is 48.7 Å². The number of nitrogens with zero attached hydrogens (tertiary/aromatic N) is 1. The maximum absolute atomic E-state index is 11.8. The van der Waals surface area contributed by atoms with Crippen LogP contribution in [-0.2, 0) is 6.54 Å². The van der Waals surface area contributed by atoms with Crippen LogP contribution in [0.5, 0.6) is 0 Å². The van der Waals surface area contributed by atoms with Crippen LogP contribution < -0.4 is 16.4 Å². The smallest absolute Gasteiger partial charge is 0.320 e. The van der Waals surface area contributed by atoms with Crippen LogP contribution in [0.4, 0.5) is 10.6 Å². The lowest BCUT2D eigenvalue weighted by atomic mass is 10.2. The molecular formula is C16H16N4O. The van der Waals surface area contributed by atoms with E-state index in [2.05, 4.69) is 27.5 Å². The molecule has 2 amide bonds. The van der Waals surface area contributed by atoms with E-state index in [9.17, 15) is 4.79 Å². The van der Waals surface area contributed by atoms with E-state index in [0.717, 1.165) is 11.1 Å². The molecule has 0 radical (unpaired) electrons. The van der Waals surface area contributed by atoms with Crippen molar-refractivity contribution in [3.05, 3.63) is 59.8 Å². The average molecular weight is 280 g/mol. The molecular weight excluding hydrogens is 264 g/mol. The number of carbonyl (C=O) groups is 1. The molecule has 106 valence electrons. The second kappa shape index (κ2) is 7.68. The second-order valence-electron chi connectivity index (χ2n) is 4.23. The fraction of sp³-hybridized carbons (Fsp3) is 0.125. The van der Waals surface area contributed by atoms with Crippen LogP contribution in [0.1, 0.15) is 11.1 Å². The summed E-state index contributed by atoms with van der Waals surface area (Å²) >= 11 is 0. The topological polar surface area (TPSA) is 80.0 Å². The van der Waals surface area contributed by atoms with Gasteiger partial charge in [-0.3, -0.25) is 5.32 Å². The molecule has 1 aromatic heterocycles. The van der Waals surface area contributed by atoms with Gasteiger partial charge in [0.15, 0.2) is 0 Å². The summed E-state index contributed by atoms with van der Waals surface area (Å²) in [4.78, 5) is 15.9. The third-order valence-electron chi connectivity index (χ3n) is 2.63. The first-order valence-electron chi connectivity index (χ1n) is 6.51. The Labute approximate surface area is 123 Å². The van der Waals surface area contributed by atoms with Crippen molar-refractivity contribution in [1.29, 1.82) is 0 Å². The number of hydrogen-bond donors (Lipinski definition) is 3. The molecule has 2 aromatic rings.